The largest absolute Gasteiger partial charge is 0.479 e. The maximum atomic E-state index is 11.0. The minimum absolute atomic E-state index is 0.285. The summed E-state index contributed by atoms with van der Waals surface area (Å²) in [5.74, 6) is -0.0654. The Morgan fingerprint density at radius 2 is 2.19 bits per heavy atom. The first-order chi connectivity index (χ1) is 7.49. The molecule has 0 bridgehead atoms. The van der Waals surface area contributed by atoms with E-state index in [4.69, 9.17) is 9.84 Å². The molecule has 1 atom stereocenters. The van der Waals surface area contributed by atoms with E-state index >= 15 is 0 Å². The fourth-order valence-corrected chi connectivity index (χ4v) is 1.71. The van der Waals surface area contributed by atoms with Gasteiger partial charge in [0.1, 0.15) is 5.75 Å². The summed E-state index contributed by atoms with van der Waals surface area (Å²) in [5.41, 5.74) is 0. The summed E-state index contributed by atoms with van der Waals surface area (Å²) in [5, 5.41) is 9.02. The van der Waals surface area contributed by atoms with Crippen molar-refractivity contribution in [2.24, 2.45) is 5.92 Å². The third-order valence-electron chi connectivity index (χ3n) is 2.04. The van der Waals surface area contributed by atoms with Gasteiger partial charge in [0.25, 0.3) is 0 Å². The molecule has 88 valence electrons. The first kappa shape index (κ1) is 13.0. The molecule has 1 aromatic rings. The topological polar surface area (TPSA) is 46.5 Å². The van der Waals surface area contributed by atoms with Gasteiger partial charge in [0, 0.05) is 4.47 Å². The van der Waals surface area contributed by atoms with Gasteiger partial charge in [-0.3, -0.25) is 0 Å². The molecule has 0 fully saturated rings. The van der Waals surface area contributed by atoms with Gasteiger partial charge in [-0.25, -0.2) is 4.79 Å². The van der Waals surface area contributed by atoms with E-state index < -0.39 is 12.1 Å². The van der Waals surface area contributed by atoms with E-state index in [-0.39, 0.29) is 5.92 Å². The average Bonchev–Trinajstić information content (AvgIpc) is 2.15. The Bertz CT molecular complexity index is 363. The van der Waals surface area contributed by atoms with Crippen molar-refractivity contribution in [2.45, 2.75) is 26.4 Å². The van der Waals surface area contributed by atoms with Crippen LogP contribution in [0.15, 0.2) is 28.7 Å². The highest BCUT2D eigenvalue weighted by atomic mass is 79.9. The lowest BCUT2D eigenvalue weighted by Crippen LogP contribution is -2.28. The predicted molar refractivity (Wildman–Crippen MR) is 65.6 cm³/mol. The van der Waals surface area contributed by atoms with Crippen LogP contribution in [0.25, 0.3) is 0 Å². The van der Waals surface area contributed by atoms with Gasteiger partial charge < -0.3 is 9.84 Å². The minimum Gasteiger partial charge on any atom is -0.479 e. The second kappa shape index (κ2) is 5.89. The summed E-state index contributed by atoms with van der Waals surface area (Å²) >= 11 is 3.31. The first-order valence-corrected chi connectivity index (χ1v) is 5.93. The zero-order chi connectivity index (χ0) is 12.1. The van der Waals surface area contributed by atoms with Crippen LogP contribution in [0, 0.1) is 5.92 Å². The van der Waals surface area contributed by atoms with E-state index in [0.717, 1.165) is 4.47 Å². The molecule has 1 N–H and O–H groups in total. The number of carboxylic acids is 1. The second-order valence-electron chi connectivity index (χ2n) is 4.03. The number of carbonyl (C=O) groups is 1. The van der Waals surface area contributed by atoms with Gasteiger partial charge in [-0.1, -0.05) is 35.8 Å². The van der Waals surface area contributed by atoms with Crippen LogP contribution in [0.5, 0.6) is 5.75 Å². The molecule has 1 rings (SSSR count). The Labute approximate surface area is 104 Å². The Morgan fingerprint density at radius 3 is 2.69 bits per heavy atom. The molecule has 0 radical (unpaired) electrons. The molecule has 3 nitrogen and oxygen atoms in total. The van der Waals surface area contributed by atoms with Crippen LogP contribution in [0.3, 0.4) is 0 Å². The van der Waals surface area contributed by atoms with Crippen LogP contribution >= 0.6 is 15.9 Å². The number of hydrogen-bond donors (Lipinski definition) is 1. The molecular weight excluding hydrogens is 272 g/mol. The molecule has 0 aliphatic heterocycles. The second-order valence-corrected chi connectivity index (χ2v) is 4.95. The van der Waals surface area contributed by atoms with Crippen molar-refractivity contribution in [1.29, 1.82) is 0 Å². The maximum Gasteiger partial charge on any atom is 0.344 e. The van der Waals surface area contributed by atoms with Crippen molar-refractivity contribution >= 4 is 21.9 Å². The molecule has 0 heterocycles. The van der Waals surface area contributed by atoms with Crippen LogP contribution in [-0.4, -0.2) is 17.2 Å². The Balaban J connectivity index is 2.71. The zero-order valence-corrected chi connectivity index (χ0v) is 10.9. The molecule has 0 aliphatic rings. The minimum atomic E-state index is -0.923. The molecule has 0 saturated carbocycles. The SMILES string of the molecule is CC(C)CC(Oc1cccc(Br)c1)C(=O)O. The Kier molecular flexibility index (Phi) is 4.80. The fourth-order valence-electron chi connectivity index (χ4n) is 1.33. The molecule has 0 spiro atoms. The number of hydrogen-bond acceptors (Lipinski definition) is 2. The number of carboxylic acid groups (broad SMARTS) is 1. The van der Waals surface area contributed by atoms with Crippen LogP contribution in [0.1, 0.15) is 20.3 Å². The summed E-state index contributed by atoms with van der Waals surface area (Å²) in [6.45, 7) is 3.94. The van der Waals surface area contributed by atoms with Crippen molar-refractivity contribution < 1.29 is 14.6 Å². The van der Waals surface area contributed by atoms with E-state index in [1.807, 2.05) is 26.0 Å². The summed E-state index contributed by atoms with van der Waals surface area (Å²) in [6, 6.07) is 7.19. The highest BCUT2D eigenvalue weighted by Crippen LogP contribution is 2.20. The number of halogens is 1. The van der Waals surface area contributed by atoms with Crippen LogP contribution in [0.2, 0.25) is 0 Å². The predicted octanol–water partition coefficient (Wildman–Crippen LogP) is 3.33. The van der Waals surface area contributed by atoms with Crippen molar-refractivity contribution in [3.8, 4) is 5.75 Å². The molecule has 1 aromatic carbocycles. The normalized spacial score (nSPS) is 12.5. The quantitative estimate of drug-likeness (QED) is 0.903. The van der Waals surface area contributed by atoms with Gasteiger partial charge in [0.2, 0.25) is 0 Å². The standard InChI is InChI=1S/C12H15BrO3/c1-8(2)6-11(12(14)15)16-10-5-3-4-9(13)7-10/h3-5,7-8,11H,6H2,1-2H3,(H,14,15). The zero-order valence-electron chi connectivity index (χ0n) is 9.31. The third kappa shape index (κ3) is 4.23. The van der Waals surface area contributed by atoms with Crippen LogP contribution in [-0.2, 0) is 4.79 Å². The lowest BCUT2D eigenvalue weighted by molar-refractivity contribution is -0.145. The van der Waals surface area contributed by atoms with Crippen molar-refractivity contribution in [3.63, 3.8) is 0 Å². The van der Waals surface area contributed by atoms with E-state index in [1.165, 1.54) is 0 Å². The summed E-state index contributed by atoms with van der Waals surface area (Å²) in [4.78, 5) is 11.0. The smallest absolute Gasteiger partial charge is 0.344 e. The number of aliphatic carboxylic acids is 1. The number of ether oxygens (including phenoxy) is 1. The third-order valence-corrected chi connectivity index (χ3v) is 2.53. The summed E-state index contributed by atoms with van der Waals surface area (Å²) in [7, 11) is 0. The highest BCUT2D eigenvalue weighted by molar-refractivity contribution is 9.10. The fraction of sp³-hybridized carbons (Fsp3) is 0.417. The molecule has 4 heteroatoms. The van der Waals surface area contributed by atoms with E-state index in [2.05, 4.69) is 15.9 Å². The molecule has 1 unspecified atom stereocenters. The van der Waals surface area contributed by atoms with Gasteiger partial charge in [0.05, 0.1) is 0 Å². The van der Waals surface area contributed by atoms with E-state index in [1.54, 1.807) is 12.1 Å². The molecule has 16 heavy (non-hydrogen) atoms. The highest BCUT2D eigenvalue weighted by Gasteiger charge is 2.20. The maximum absolute atomic E-state index is 11.0. The molecule has 0 aliphatic carbocycles. The molecular formula is C12H15BrO3. The number of benzene rings is 1. The van der Waals surface area contributed by atoms with E-state index in [0.29, 0.717) is 12.2 Å². The van der Waals surface area contributed by atoms with Crippen molar-refractivity contribution in [3.05, 3.63) is 28.7 Å². The molecule has 0 aromatic heterocycles. The average molecular weight is 287 g/mol. The van der Waals surface area contributed by atoms with Gasteiger partial charge in [-0.05, 0) is 30.5 Å². The first-order valence-electron chi connectivity index (χ1n) is 5.14. The van der Waals surface area contributed by atoms with Crippen molar-refractivity contribution in [1.82, 2.24) is 0 Å². The number of rotatable bonds is 5. The monoisotopic (exact) mass is 286 g/mol. The van der Waals surface area contributed by atoms with Crippen molar-refractivity contribution in [2.75, 3.05) is 0 Å². The lowest BCUT2D eigenvalue weighted by Gasteiger charge is -2.16. The molecule has 0 amide bonds. The van der Waals surface area contributed by atoms with Gasteiger partial charge in [0.15, 0.2) is 6.10 Å². The van der Waals surface area contributed by atoms with Gasteiger partial charge >= 0.3 is 5.97 Å². The Morgan fingerprint density at radius 1 is 1.50 bits per heavy atom. The summed E-state index contributed by atoms with van der Waals surface area (Å²) in [6.07, 6.45) is -0.281. The van der Waals surface area contributed by atoms with Gasteiger partial charge in [-0.15, -0.1) is 0 Å². The van der Waals surface area contributed by atoms with Crippen LogP contribution < -0.4 is 4.74 Å². The lowest BCUT2D eigenvalue weighted by atomic mass is 10.1. The molecule has 0 saturated heterocycles. The van der Waals surface area contributed by atoms with Gasteiger partial charge in [-0.2, -0.15) is 0 Å². The summed E-state index contributed by atoms with van der Waals surface area (Å²) < 4.78 is 6.31. The Hall–Kier alpha value is -1.03. The van der Waals surface area contributed by atoms with E-state index in [9.17, 15) is 4.79 Å². The van der Waals surface area contributed by atoms with Crippen LogP contribution in [0.4, 0.5) is 0 Å².